The van der Waals surface area contributed by atoms with Crippen LogP contribution < -0.4 is 0 Å². The van der Waals surface area contributed by atoms with E-state index in [0.717, 1.165) is 12.0 Å². The van der Waals surface area contributed by atoms with Gasteiger partial charge in [-0.3, -0.25) is 9.59 Å². The Balaban J connectivity index is 2.06. The number of carbonyl (C=O) groups excluding carboxylic acids is 1. The van der Waals surface area contributed by atoms with Gasteiger partial charge in [-0.25, -0.2) is 8.42 Å². The van der Waals surface area contributed by atoms with Gasteiger partial charge in [0, 0.05) is 12.6 Å². The molecule has 24 heavy (non-hydrogen) atoms. The predicted octanol–water partition coefficient (Wildman–Crippen LogP) is 1.88. The highest BCUT2D eigenvalue weighted by atomic mass is 32.2. The Labute approximate surface area is 142 Å². The minimum atomic E-state index is -3.32. The van der Waals surface area contributed by atoms with E-state index in [1.165, 1.54) is 12.1 Å². The summed E-state index contributed by atoms with van der Waals surface area (Å²) in [4.78, 5) is 25.2. The topological polar surface area (TPSA) is 91.8 Å². The van der Waals surface area contributed by atoms with Crippen LogP contribution in [-0.4, -0.2) is 48.1 Å². The molecule has 0 aromatic heterocycles. The Hall–Kier alpha value is -1.89. The van der Waals surface area contributed by atoms with Crippen molar-refractivity contribution in [1.82, 2.24) is 4.90 Å². The third-order valence-corrected chi connectivity index (χ3v) is 6.51. The number of amides is 1. The summed E-state index contributed by atoms with van der Waals surface area (Å²) < 4.78 is 24.2. The van der Waals surface area contributed by atoms with E-state index >= 15 is 0 Å². The molecule has 132 valence electrons. The van der Waals surface area contributed by atoms with E-state index in [-0.39, 0.29) is 29.7 Å². The summed E-state index contributed by atoms with van der Waals surface area (Å²) >= 11 is 0. The van der Waals surface area contributed by atoms with Gasteiger partial charge in [-0.1, -0.05) is 12.1 Å². The highest BCUT2D eigenvalue weighted by molar-refractivity contribution is 7.92. The molecule has 0 aliphatic carbocycles. The van der Waals surface area contributed by atoms with Crippen LogP contribution in [0.25, 0.3) is 0 Å². The molecule has 1 unspecified atom stereocenters. The van der Waals surface area contributed by atoms with Crippen LogP contribution in [0, 0.1) is 0 Å². The molecule has 0 spiro atoms. The summed E-state index contributed by atoms with van der Waals surface area (Å²) in [5.74, 6) is -1.01. The molecule has 2 rings (SSSR count). The second-order valence-corrected chi connectivity index (χ2v) is 8.90. The first-order chi connectivity index (χ1) is 11.2. The van der Waals surface area contributed by atoms with Gasteiger partial charge in [-0.15, -0.1) is 0 Å². The molecule has 7 heteroatoms. The van der Waals surface area contributed by atoms with Crippen LogP contribution in [-0.2, 0) is 25.8 Å². The fourth-order valence-corrected chi connectivity index (χ4v) is 3.98. The van der Waals surface area contributed by atoms with Crippen molar-refractivity contribution in [1.29, 1.82) is 0 Å². The lowest BCUT2D eigenvalue weighted by Crippen LogP contribution is -2.37. The smallest absolute Gasteiger partial charge is 0.305 e. The van der Waals surface area contributed by atoms with Crippen LogP contribution in [0.1, 0.15) is 38.7 Å². The van der Waals surface area contributed by atoms with Gasteiger partial charge in [-0.2, -0.15) is 0 Å². The zero-order valence-electron chi connectivity index (χ0n) is 13.9. The van der Waals surface area contributed by atoms with Crippen LogP contribution in [0.4, 0.5) is 0 Å². The minimum absolute atomic E-state index is 0.0304. The lowest BCUT2D eigenvalue weighted by Gasteiger charge is -2.23. The number of carbonyl (C=O) groups is 2. The summed E-state index contributed by atoms with van der Waals surface area (Å²) in [6.45, 7) is 3.84. The maximum absolute atomic E-state index is 12.4. The van der Waals surface area contributed by atoms with E-state index in [2.05, 4.69) is 0 Å². The lowest BCUT2D eigenvalue weighted by atomic mass is 10.1. The number of carboxylic acids is 1. The molecule has 0 bridgehead atoms. The second-order valence-electron chi connectivity index (χ2n) is 6.40. The molecule has 1 N–H and O–H groups in total. The predicted molar refractivity (Wildman–Crippen MR) is 89.5 cm³/mol. The number of hydrogen-bond acceptors (Lipinski definition) is 4. The van der Waals surface area contributed by atoms with E-state index in [1.54, 1.807) is 30.9 Å². The van der Waals surface area contributed by atoms with Crippen molar-refractivity contribution >= 4 is 21.7 Å². The van der Waals surface area contributed by atoms with E-state index in [0.29, 0.717) is 13.0 Å². The molecule has 1 fully saturated rings. The van der Waals surface area contributed by atoms with Crippen molar-refractivity contribution in [3.05, 3.63) is 29.8 Å². The first-order valence-corrected chi connectivity index (χ1v) is 9.60. The van der Waals surface area contributed by atoms with Crippen LogP contribution in [0.15, 0.2) is 29.2 Å². The Morgan fingerprint density at radius 3 is 2.42 bits per heavy atom. The highest BCUT2D eigenvalue weighted by Crippen LogP contribution is 2.22. The molecular formula is C17H23NO5S. The average molecular weight is 353 g/mol. The number of likely N-dealkylation sites (tertiary alicyclic amines) is 1. The van der Waals surface area contributed by atoms with Crippen molar-refractivity contribution < 1.29 is 23.1 Å². The molecule has 1 aliphatic heterocycles. The summed E-state index contributed by atoms with van der Waals surface area (Å²) in [5, 5.41) is 8.43. The maximum atomic E-state index is 12.4. The van der Waals surface area contributed by atoms with Crippen molar-refractivity contribution in [2.45, 2.75) is 55.7 Å². The van der Waals surface area contributed by atoms with Gasteiger partial charge >= 0.3 is 5.97 Å². The normalized spacial score (nSPS) is 18.1. The zero-order chi connectivity index (χ0) is 17.9. The lowest BCUT2D eigenvalue weighted by molar-refractivity contribution is -0.139. The number of carboxylic acid groups (broad SMARTS) is 1. The molecule has 1 amide bonds. The molecule has 1 atom stereocenters. The standard InChI is InChI=1S/C17H23NO5S/c1-12(2)24(22,23)15-7-5-13(6-8-15)10-16(19)18-9-3-4-14(18)11-17(20)21/h5-8,12,14H,3-4,9-11H2,1-2H3,(H,20,21). The first kappa shape index (κ1) is 18.4. The molecule has 0 saturated carbocycles. The second kappa shape index (κ2) is 7.34. The molecule has 1 aromatic rings. The molecule has 1 heterocycles. The van der Waals surface area contributed by atoms with Gasteiger partial charge in [0.2, 0.25) is 5.91 Å². The number of aliphatic carboxylic acids is 1. The van der Waals surface area contributed by atoms with Gasteiger partial charge in [-0.05, 0) is 44.4 Å². The molecule has 1 saturated heterocycles. The summed E-state index contributed by atoms with van der Waals surface area (Å²) in [6.07, 6.45) is 1.65. The number of hydrogen-bond donors (Lipinski definition) is 1. The third-order valence-electron chi connectivity index (χ3n) is 4.34. The van der Waals surface area contributed by atoms with Crippen molar-refractivity contribution in [3.63, 3.8) is 0 Å². The van der Waals surface area contributed by atoms with Crippen LogP contribution in [0.2, 0.25) is 0 Å². The number of nitrogens with zero attached hydrogens (tertiary/aromatic N) is 1. The molecule has 6 nitrogen and oxygen atoms in total. The number of sulfone groups is 1. The zero-order valence-corrected chi connectivity index (χ0v) is 14.8. The molecule has 0 radical (unpaired) electrons. The van der Waals surface area contributed by atoms with Crippen LogP contribution in [0.5, 0.6) is 0 Å². The average Bonchev–Trinajstić information content (AvgIpc) is 2.95. The Kier molecular flexibility index (Phi) is 5.64. The van der Waals surface area contributed by atoms with E-state index in [1.807, 2.05) is 0 Å². The first-order valence-electron chi connectivity index (χ1n) is 8.06. The summed E-state index contributed by atoms with van der Waals surface area (Å²) in [7, 11) is -3.32. The molecule has 1 aliphatic rings. The fourth-order valence-electron chi connectivity index (χ4n) is 2.92. The van der Waals surface area contributed by atoms with Gasteiger partial charge in [0.05, 0.1) is 23.0 Å². The Morgan fingerprint density at radius 2 is 1.88 bits per heavy atom. The SMILES string of the molecule is CC(C)S(=O)(=O)c1ccc(CC(=O)N2CCCC2CC(=O)O)cc1. The van der Waals surface area contributed by atoms with Gasteiger partial charge < -0.3 is 10.0 Å². The van der Waals surface area contributed by atoms with E-state index < -0.39 is 21.1 Å². The van der Waals surface area contributed by atoms with Crippen molar-refractivity contribution in [2.24, 2.45) is 0 Å². The summed E-state index contributed by atoms with van der Waals surface area (Å²) in [6, 6.07) is 6.11. The van der Waals surface area contributed by atoms with Crippen molar-refractivity contribution in [2.75, 3.05) is 6.54 Å². The molecular weight excluding hydrogens is 330 g/mol. The molecule has 1 aromatic carbocycles. The minimum Gasteiger partial charge on any atom is -0.481 e. The van der Waals surface area contributed by atoms with Crippen LogP contribution >= 0.6 is 0 Å². The van der Waals surface area contributed by atoms with E-state index in [9.17, 15) is 18.0 Å². The largest absolute Gasteiger partial charge is 0.481 e. The number of benzene rings is 1. The third kappa shape index (κ3) is 4.14. The highest BCUT2D eigenvalue weighted by Gasteiger charge is 2.30. The van der Waals surface area contributed by atoms with Gasteiger partial charge in [0.15, 0.2) is 9.84 Å². The van der Waals surface area contributed by atoms with Crippen molar-refractivity contribution in [3.8, 4) is 0 Å². The number of rotatable bonds is 6. The summed E-state index contributed by atoms with van der Waals surface area (Å²) in [5.41, 5.74) is 0.726. The maximum Gasteiger partial charge on any atom is 0.305 e. The van der Waals surface area contributed by atoms with Crippen LogP contribution in [0.3, 0.4) is 0 Å². The fraction of sp³-hybridized carbons (Fsp3) is 0.529. The Morgan fingerprint density at radius 1 is 1.25 bits per heavy atom. The monoisotopic (exact) mass is 353 g/mol. The van der Waals surface area contributed by atoms with Gasteiger partial charge in [0.25, 0.3) is 0 Å². The van der Waals surface area contributed by atoms with E-state index in [4.69, 9.17) is 5.11 Å². The Bertz CT molecular complexity index is 709. The quantitative estimate of drug-likeness (QED) is 0.843. The van der Waals surface area contributed by atoms with Gasteiger partial charge in [0.1, 0.15) is 0 Å².